The van der Waals surface area contributed by atoms with Crippen molar-refractivity contribution in [2.24, 2.45) is 11.3 Å². The summed E-state index contributed by atoms with van der Waals surface area (Å²) in [6.07, 6.45) is 12.7. The highest BCUT2D eigenvalue weighted by molar-refractivity contribution is 6.18. The van der Waals surface area contributed by atoms with Crippen molar-refractivity contribution in [2.75, 3.05) is 19.0 Å². The molecule has 0 radical (unpaired) electrons. The largest absolute Gasteiger partial charge is 0.316 e. The second kappa shape index (κ2) is 6.26. The van der Waals surface area contributed by atoms with Gasteiger partial charge in [0.05, 0.1) is 0 Å². The van der Waals surface area contributed by atoms with Gasteiger partial charge < -0.3 is 5.32 Å². The predicted molar refractivity (Wildman–Crippen MR) is 71.1 cm³/mol. The van der Waals surface area contributed by atoms with E-state index >= 15 is 0 Å². The Kier molecular flexibility index (Phi) is 4.97. The predicted octanol–water partition coefficient (Wildman–Crippen LogP) is 3.96. The van der Waals surface area contributed by atoms with E-state index < -0.39 is 0 Å². The zero-order valence-corrected chi connectivity index (χ0v) is 11.2. The van der Waals surface area contributed by atoms with Gasteiger partial charge in [-0.1, -0.05) is 32.1 Å². The Hall–Kier alpha value is 0.250. The van der Waals surface area contributed by atoms with E-state index in [1.165, 1.54) is 64.3 Å². The SMILES string of the molecule is ClCC1(CNCC2CCCC2)CCCCC1. The summed E-state index contributed by atoms with van der Waals surface area (Å²) in [5.74, 6) is 1.81. The molecule has 0 aliphatic heterocycles. The fourth-order valence-corrected chi connectivity index (χ4v) is 3.78. The van der Waals surface area contributed by atoms with Crippen LogP contribution in [-0.2, 0) is 0 Å². The molecule has 0 saturated heterocycles. The minimum absolute atomic E-state index is 0.429. The van der Waals surface area contributed by atoms with Crippen LogP contribution in [0.2, 0.25) is 0 Å². The first-order valence-electron chi connectivity index (χ1n) is 7.11. The van der Waals surface area contributed by atoms with E-state index in [0.29, 0.717) is 5.41 Å². The van der Waals surface area contributed by atoms with Crippen molar-refractivity contribution in [3.8, 4) is 0 Å². The Morgan fingerprint density at radius 1 is 1.00 bits per heavy atom. The summed E-state index contributed by atoms with van der Waals surface area (Å²) >= 11 is 6.19. The molecule has 0 unspecified atom stereocenters. The smallest absolute Gasteiger partial charge is 0.0292 e. The normalized spacial score (nSPS) is 26.1. The molecule has 0 aromatic carbocycles. The third-order valence-electron chi connectivity index (χ3n) is 4.61. The van der Waals surface area contributed by atoms with Crippen LogP contribution in [0.3, 0.4) is 0 Å². The molecule has 2 fully saturated rings. The lowest BCUT2D eigenvalue weighted by Gasteiger charge is -2.36. The number of hydrogen-bond donors (Lipinski definition) is 1. The summed E-state index contributed by atoms with van der Waals surface area (Å²) in [7, 11) is 0. The second-order valence-corrected chi connectivity index (χ2v) is 6.24. The average molecular weight is 244 g/mol. The molecule has 2 heteroatoms. The fourth-order valence-electron chi connectivity index (χ4n) is 3.42. The van der Waals surface area contributed by atoms with E-state index in [1.807, 2.05) is 0 Å². The highest BCUT2D eigenvalue weighted by atomic mass is 35.5. The highest BCUT2D eigenvalue weighted by Gasteiger charge is 2.30. The van der Waals surface area contributed by atoms with Crippen LogP contribution in [0.5, 0.6) is 0 Å². The van der Waals surface area contributed by atoms with Crippen LogP contribution >= 0.6 is 11.6 Å². The topological polar surface area (TPSA) is 12.0 Å². The van der Waals surface area contributed by atoms with Crippen molar-refractivity contribution in [3.63, 3.8) is 0 Å². The van der Waals surface area contributed by atoms with Crippen molar-refractivity contribution in [3.05, 3.63) is 0 Å². The number of rotatable bonds is 5. The quantitative estimate of drug-likeness (QED) is 0.721. The van der Waals surface area contributed by atoms with Gasteiger partial charge in [0.2, 0.25) is 0 Å². The van der Waals surface area contributed by atoms with E-state index in [-0.39, 0.29) is 0 Å². The number of hydrogen-bond acceptors (Lipinski definition) is 1. The van der Waals surface area contributed by atoms with Crippen LogP contribution in [0, 0.1) is 11.3 Å². The summed E-state index contributed by atoms with van der Waals surface area (Å²) in [6.45, 7) is 2.39. The molecule has 2 aliphatic carbocycles. The molecule has 1 N–H and O–H groups in total. The Labute approximate surface area is 105 Å². The van der Waals surface area contributed by atoms with Crippen molar-refractivity contribution in [1.29, 1.82) is 0 Å². The third kappa shape index (κ3) is 3.37. The summed E-state index contributed by atoms with van der Waals surface area (Å²) in [5, 5.41) is 3.70. The van der Waals surface area contributed by atoms with Gasteiger partial charge in [-0.15, -0.1) is 11.6 Å². The number of nitrogens with one attached hydrogen (secondary N) is 1. The van der Waals surface area contributed by atoms with Crippen molar-refractivity contribution >= 4 is 11.6 Å². The zero-order valence-electron chi connectivity index (χ0n) is 10.4. The van der Waals surface area contributed by atoms with E-state index in [0.717, 1.165) is 18.3 Å². The summed E-state index contributed by atoms with van der Waals surface area (Å²) in [5.41, 5.74) is 0.429. The molecule has 0 spiro atoms. The van der Waals surface area contributed by atoms with Gasteiger partial charge in [0, 0.05) is 12.4 Å². The minimum Gasteiger partial charge on any atom is -0.316 e. The van der Waals surface area contributed by atoms with E-state index in [4.69, 9.17) is 11.6 Å². The first-order chi connectivity index (χ1) is 7.85. The van der Waals surface area contributed by atoms with Gasteiger partial charge in [-0.2, -0.15) is 0 Å². The molecule has 16 heavy (non-hydrogen) atoms. The van der Waals surface area contributed by atoms with E-state index in [9.17, 15) is 0 Å². The van der Waals surface area contributed by atoms with Gasteiger partial charge in [0.1, 0.15) is 0 Å². The summed E-state index contributed by atoms with van der Waals surface area (Å²) in [6, 6.07) is 0. The molecule has 0 bridgehead atoms. The van der Waals surface area contributed by atoms with Gasteiger partial charge in [0.25, 0.3) is 0 Å². The summed E-state index contributed by atoms with van der Waals surface area (Å²) in [4.78, 5) is 0. The van der Waals surface area contributed by atoms with Gasteiger partial charge in [-0.3, -0.25) is 0 Å². The Balaban J connectivity index is 1.69. The Bertz CT molecular complexity index is 193. The molecule has 94 valence electrons. The van der Waals surface area contributed by atoms with Crippen LogP contribution in [0.15, 0.2) is 0 Å². The lowest BCUT2D eigenvalue weighted by Crippen LogP contribution is -2.39. The molecule has 0 heterocycles. The summed E-state index contributed by atoms with van der Waals surface area (Å²) < 4.78 is 0. The Morgan fingerprint density at radius 3 is 2.31 bits per heavy atom. The minimum atomic E-state index is 0.429. The number of alkyl halides is 1. The van der Waals surface area contributed by atoms with Crippen LogP contribution in [-0.4, -0.2) is 19.0 Å². The molecule has 0 aromatic rings. The second-order valence-electron chi connectivity index (χ2n) is 5.98. The average Bonchev–Trinajstić information content (AvgIpc) is 2.83. The monoisotopic (exact) mass is 243 g/mol. The lowest BCUT2D eigenvalue weighted by atomic mass is 9.75. The molecular weight excluding hydrogens is 218 g/mol. The first kappa shape index (κ1) is 12.7. The number of halogens is 1. The standard InChI is InChI=1S/C14H26ClN/c15-11-14(8-4-1-5-9-14)12-16-10-13-6-2-3-7-13/h13,16H,1-12H2. The van der Waals surface area contributed by atoms with Crippen LogP contribution in [0.1, 0.15) is 57.8 Å². The van der Waals surface area contributed by atoms with Gasteiger partial charge in [-0.25, -0.2) is 0 Å². The van der Waals surface area contributed by atoms with Gasteiger partial charge in [0.15, 0.2) is 0 Å². The Morgan fingerprint density at radius 2 is 1.69 bits per heavy atom. The molecule has 0 aromatic heterocycles. The zero-order chi connectivity index (χ0) is 11.3. The maximum Gasteiger partial charge on any atom is 0.0292 e. The van der Waals surface area contributed by atoms with Gasteiger partial charge >= 0.3 is 0 Å². The molecule has 1 nitrogen and oxygen atoms in total. The maximum atomic E-state index is 6.19. The first-order valence-corrected chi connectivity index (χ1v) is 7.65. The third-order valence-corrected chi connectivity index (χ3v) is 5.17. The maximum absolute atomic E-state index is 6.19. The van der Waals surface area contributed by atoms with Crippen molar-refractivity contribution in [1.82, 2.24) is 5.32 Å². The lowest BCUT2D eigenvalue weighted by molar-refractivity contribution is 0.209. The molecule has 0 atom stereocenters. The molecule has 2 aliphatic rings. The molecule has 0 amide bonds. The van der Waals surface area contributed by atoms with Crippen LogP contribution < -0.4 is 5.32 Å². The van der Waals surface area contributed by atoms with Crippen LogP contribution in [0.4, 0.5) is 0 Å². The van der Waals surface area contributed by atoms with Crippen molar-refractivity contribution in [2.45, 2.75) is 57.8 Å². The molecular formula is C14H26ClN. The van der Waals surface area contributed by atoms with Gasteiger partial charge in [-0.05, 0) is 43.6 Å². The fraction of sp³-hybridized carbons (Fsp3) is 1.00. The van der Waals surface area contributed by atoms with E-state index in [2.05, 4.69) is 5.32 Å². The molecule has 2 saturated carbocycles. The van der Waals surface area contributed by atoms with Crippen LogP contribution in [0.25, 0.3) is 0 Å². The highest BCUT2D eigenvalue weighted by Crippen LogP contribution is 2.36. The van der Waals surface area contributed by atoms with Crippen molar-refractivity contribution < 1.29 is 0 Å². The molecule has 2 rings (SSSR count). The van der Waals surface area contributed by atoms with E-state index in [1.54, 1.807) is 0 Å².